The van der Waals surface area contributed by atoms with E-state index < -0.39 is 0 Å². The highest BCUT2D eigenvalue weighted by atomic mass is 14.3. The molecular weight excluding hydrogens is 553 g/mol. The van der Waals surface area contributed by atoms with Crippen LogP contribution in [0.1, 0.15) is 0 Å². The summed E-state index contributed by atoms with van der Waals surface area (Å²) >= 11 is 0. The normalized spacial score (nSPS) is 11.9. The van der Waals surface area contributed by atoms with E-state index in [-0.39, 0.29) is 0 Å². The van der Waals surface area contributed by atoms with Crippen LogP contribution in [-0.2, 0) is 0 Å². The highest BCUT2D eigenvalue weighted by Crippen LogP contribution is 2.58. The molecule has 0 fully saturated rings. The van der Waals surface area contributed by atoms with Gasteiger partial charge < -0.3 is 0 Å². The molecule has 10 rings (SSSR count). The summed E-state index contributed by atoms with van der Waals surface area (Å²) in [5, 5.41) is 10.3. The summed E-state index contributed by atoms with van der Waals surface area (Å²) in [7, 11) is 0. The molecule has 0 amide bonds. The van der Waals surface area contributed by atoms with Crippen LogP contribution in [0.2, 0.25) is 0 Å². The largest absolute Gasteiger partial charge is 0.0622 e. The van der Waals surface area contributed by atoms with E-state index in [1.807, 2.05) is 0 Å². The Morgan fingerprint density at radius 1 is 0.239 bits per heavy atom. The van der Waals surface area contributed by atoms with E-state index >= 15 is 0 Å². The van der Waals surface area contributed by atoms with Crippen LogP contribution in [0.15, 0.2) is 170 Å². The molecule has 0 unspecified atom stereocenters. The third kappa shape index (κ3) is 3.62. The van der Waals surface area contributed by atoms with E-state index in [4.69, 9.17) is 0 Å². The summed E-state index contributed by atoms with van der Waals surface area (Å²) in [6, 6.07) is 62.7. The SMILES string of the molecule is c1ccc(-c2c3c(c(-c4ccccc4)c4ccccc24)-c2ccc(-c4ccc5cc6ccccc6cc5c4)c4cccc-3c24)cc1. The van der Waals surface area contributed by atoms with E-state index in [9.17, 15) is 0 Å². The third-order valence-corrected chi connectivity index (χ3v) is 9.94. The van der Waals surface area contributed by atoms with Crippen molar-refractivity contribution < 1.29 is 0 Å². The van der Waals surface area contributed by atoms with Crippen molar-refractivity contribution in [3.05, 3.63) is 170 Å². The molecule has 212 valence electrons. The Kier molecular flexibility index (Phi) is 5.38. The average Bonchev–Trinajstić information content (AvgIpc) is 3.45. The molecule has 1 aliphatic carbocycles. The van der Waals surface area contributed by atoms with Gasteiger partial charge in [-0.15, -0.1) is 0 Å². The molecule has 0 heteroatoms. The second-order valence-corrected chi connectivity index (χ2v) is 12.4. The summed E-state index contributed by atoms with van der Waals surface area (Å²) in [4.78, 5) is 0. The predicted octanol–water partition coefficient (Wildman–Crippen LogP) is 12.9. The standard InChI is InChI=1S/C46H28/c1-3-12-29(13-4-1)42-38-18-9-10-19-39(38)43(30-14-5-2-6-15-30)46-41-25-24-36(37-20-11-21-40(44(37)41)45(42)46)34-23-22-33-26-31-16-7-8-17-32(31)27-35(33)28-34/h1-28H. The Balaban J connectivity index is 1.30. The van der Waals surface area contributed by atoms with Crippen molar-refractivity contribution in [2.75, 3.05) is 0 Å². The van der Waals surface area contributed by atoms with Crippen LogP contribution in [0.4, 0.5) is 0 Å². The highest BCUT2D eigenvalue weighted by molar-refractivity contribution is 6.28. The summed E-state index contributed by atoms with van der Waals surface area (Å²) in [6.07, 6.45) is 0. The number of hydrogen-bond donors (Lipinski definition) is 0. The highest BCUT2D eigenvalue weighted by Gasteiger charge is 2.31. The van der Waals surface area contributed by atoms with E-state index in [1.54, 1.807) is 0 Å². The van der Waals surface area contributed by atoms with Crippen molar-refractivity contribution in [2.24, 2.45) is 0 Å². The van der Waals surface area contributed by atoms with Gasteiger partial charge in [-0.05, 0) is 117 Å². The van der Waals surface area contributed by atoms with E-state index in [0.717, 1.165) is 0 Å². The van der Waals surface area contributed by atoms with Crippen molar-refractivity contribution >= 4 is 43.1 Å². The second kappa shape index (κ2) is 9.76. The molecule has 0 heterocycles. The smallest absolute Gasteiger partial charge is 0.000741 e. The van der Waals surface area contributed by atoms with Crippen LogP contribution in [0.25, 0.3) is 98.7 Å². The van der Waals surface area contributed by atoms with Gasteiger partial charge in [0.2, 0.25) is 0 Å². The van der Waals surface area contributed by atoms with Crippen LogP contribution in [0, 0.1) is 0 Å². The fourth-order valence-electron chi connectivity index (χ4n) is 7.97. The first-order chi connectivity index (χ1) is 22.8. The lowest BCUT2D eigenvalue weighted by Gasteiger charge is -2.20. The van der Waals surface area contributed by atoms with E-state index in [1.165, 1.54) is 98.7 Å². The van der Waals surface area contributed by atoms with E-state index in [2.05, 4.69) is 170 Å². The molecule has 0 atom stereocenters. The molecule has 0 aromatic heterocycles. The molecule has 9 aromatic rings. The fourth-order valence-corrected chi connectivity index (χ4v) is 7.97. The summed E-state index contributed by atoms with van der Waals surface area (Å²) in [6.45, 7) is 0. The van der Waals surface area contributed by atoms with Crippen LogP contribution in [0.5, 0.6) is 0 Å². The monoisotopic (exact) mass is 580 g/mol. The molecule has 0 saturated heterocycles. The lowest BCUT2D eigenvalue weighted by atomic mass is 9.82. The zero-order chi connectivity index (χ0) is 30.2. The topological polar surface area (TPSA) is 0 Å². The summed E-state index contributed by atoms with van der Waals surface area (Å²) < 4.78 is 0. The molecule has 9 aromatic carbocycles. The molecule has 0 radical (unpaired) electrons. The molecule has 0 aliphatic heterocycles. The third-order valence-electron chi connectivity index (χ3n) is 9.94. The molecule has 46 heavy (non-hydrogen) atoms. The number of hydrogen-bond acceptors (Lipinski definition) is 0. The Bertz CT molecular complexity index is 2570. The second-order valence-electron chi connectivity index (χ2n) is 12.4. The van der Waals surface area contributed by atoms with Gasteiger partial charge >= 0.3 is 0 Å². The fraction of sp³-hybridized carbons (Fsp3) is 0. The lowest BCUT2D eigenvalue weighted by molar-refractivity contribution is 1.62. The number of fused-ring (bicyclic) bond motifs is 6. The van der Waals surface area contributed by atoms with Crippen LogP contribution in [-0.4, -0.2) is 0 Å². The van der Waals surface area contributed by atoms with Crippen LogP contribution >= 0.6 is 0 Å². The van der Waals surface area contributed by atoms with E-state index in [0.29, 0.717) is 0 Å². The van der Waals surface area contributed by atoms with Crippen LogP contribution in [0.3, 0.4) is 0 Å². The van der Waals surface area contributed by atoms with Crippen LogP contribution < -0.4 is 0 Å². The van der Waals surface area contributed by atoms with Gasteiger partial charge in [-0.2, -0.15) is 0 Å². The number of rotatable bonds is 3. The van der Waals surface area contributed by atoms with Gasteiger partial charge in [0, 0.05) is 0 Å². The average molecular weight is 581 g/mol. The zero-order valence-electron chi connectivity index (χ0n) is 25.2. The minimum atomic E-state index is 1.25. The first-order valence-electron chi connectivity index (χ1n) is 16.0. The maximum atomic E-state index is 2.38. The molecule has 1 aliphatic rings. The van der Waals surface area contributed by atoms with Gasteiger partial charge in [0.25, 0.3) is 0 Å². The lowest BCUT2D eigenvalue weighted by Crippen LogP contribution is -1.93. The Labute approximate surface area is 267 Å². The number of benzene rings is 9. The summed E-state index contributed by atoms with van der Waals surface area (Å²) in [5.41, 5.74) is 13.0. The molecule has 0 spiro atoms. The van der Waals surface area contributed by atoms with Gasteiger partial charge in [-0.3, -0.25) is 0 Å². The molecule has 0 saturated carbocycles. The van der Waals surface area contributed by atoms with Gasteiger partial charge in [0.05, 0.1) is 0 Å². The summed E-state index contributed by atoms with van der Waals surface area (Å²) in [5.74, 6) is 0. The molecular formula is C46H28. The molecule has 0 nitrogen and oxygen atoms in total. The minimum absolute atomic E-state index is 1.25. The Morgan fingerprint density at radius 2 is 0.739 bits per heavy atom. The van der Waals surface area contributed by atoms with Gasteiger partial charge in [0.1, 0.15) is 0 Å². The maximum absolute atomic E-state index is 2.38. The van der Waals surface area contributed by atoms with Crippen molar-refractivity contribution in [3.63, 3.8) is 0 Å². The molecule has 0 bridgehead atoms. The first-order valence-corrected chi connectivity index (χ1v) is 16.0. The van der Waals surface area contributed by atoms with Crippen molar-refractivity contribution in [2.45, 2.75) is 0 Å². The zero-order valence-corrected chi connectivity index (χ0v) is 25.2. The maximum Gasteiger partial charge on any atom is -0.000741 e. The quantitative estimate of drug-likeness (QED) is 0.182. The van der Waals surface area contributed by atoms with Gasteiger partial charge in [0.15, 0.2) is 0 Å². The van der Waals surface area contributed by atoms with Crippen molar-refractivity contribution in [3.8, 4) is 55.6 Å². The Morgan fingerprint density at radius 3 is 1.39 bits per heavy atom. The Hall–Kier alpha value is -5.98. The first kappa shape index (κ1) is 25.4. The minimum Gasteiger partial charge on any atom is -0.0622 e. The van der Waals surface area contributed by atoms with Crippen molar-refractivity contribution in [1.29, 1.82) is 0 Å². The van der Waals surface area contributed by atoms with Crippen molar-refractivity contribution in [1.82, 2.24) is 0 Å². The van der Waals surface area contributed by atoms with Gasteiger partial charge in [-0.25, -0.2) is 0 Å². The van der Waals surface area contributed by atoms with Gasteiger partial charge in [-0.1, -0.05) is 152 Å². The molecule has 0 N–H and O–H groups in total. The predicted molar refractivity (Wildman–Crippen MR) is 197 cm³/mol.